The molecule has 0 aliphatic carbocycles. The van der Waals surface area contributed by atoms with Crippen molar-refractivity contribution in [2.75, 3.05) is 20.2 Å². The lowest BCUT2D eigenvalue weighted by Gasteiger charge is -2.14. The minimum Gasteiger partial charge on any atom is -0.453 e. The lowest BCUT2D eigenvalue weighted by atomic mass is 10.2. The molecule has 19 heavy (non-hydrogen) atoms. The Morgan fingerprint density at radius 3 is 3.11 bits per heavy atom. The third kappa shape index (κ3) is 3.82. The van der Waals surface area contributed by atoms with Crippen molar-refractivity contribution in [1.29, 1.82) is 0 Å². The van der Waals surface area contributed by atoms with Crippen LogP contribution in [0.25, 0.3) is 6.08 Å². The van der Waals surface area contributed by atoms with Gasteiger partial charge in [-0.1, -0.05) is 0 Å². The fourth-order valence-electron chi connectivity index (χ4n) is 1.96. The van der Waals surface area contributed by atoms with Crippen LogP contribution in [0.2, 0.25) is 0 Å². The first-order valence-electron chi connectivity index (χ1n) is 6.02. The minimum absolute atomic E-state index is 0.00118. The molecule has 1 saturated heterocycles. The van der Waals surface area contributed by atoms with Crippen molar-refractivity contribution < 1.29 is 14.3 Å². The Kier molecular flexibility index (Phi) is 4.57. The zero-order valence-electron chi connectivity index (χ0n) is 10.7. The molecule has 5 nitrogen and oxygen atoms in total. The van der Waals surface area contributed by atoms with Crippen LogP contribution >= 0.6 is 11.3 Å². The summed E-state index contributed by atoms with van der Waals surface area (Å²) in [5, 5.41) is 6.81. The largest absolute Gasteiger partial charge is 0.453 e. The highest BCUT2D eigenvalue weighted by atomic mass is 32.1. The Balaban J connectivity index is 1.79. The number of likely N-dealkylation sites (tertiary alicyclic amines) is 1. The van der Waals surface area contributed by atoms with E-state index in [2.05, 4.69) is 10.1 Å². The number of ether oxygens (including phenoxy) is 1. The first-order valence-corrected chi connectivity index (χ1v) is 6.97. The summed E-state index contributed by atoms with van der Waals surface area (Å²) in [6, 6.07) is 1.95. The molecule has 102 valence electrons. The van der Waals surface area contributed by atoms with E-state index in [1.807, 2.05) is 16.8 Å². The van der Waals surface area contributed by atoms with Gasteiger partial charge >= 0.3 is 6.09 Å². The number of thiophene rings is 1. The van der Waals surface area contributed by atoms with Gasteiger partial charge in [0.05, 0.1) is 7.11 Å². The summed E-state index contributed by atoms with van der Waals surface area (Å²) in [5.41, 5.74) is 1.02. The van der Waals surface area contributed by atoms with E-state index in [-0.39, 0.29) is 18.0 Å². The number of hydrogen-bond acceptors (Lipinski definition) is 4. The van der Waals surface area contributed by atoms with Crippen molar-refractivity contribution in [3.05, 3.63) is 28.5 Å². The number of nitrogens with zero attached hydrogens (tertiary/aromatic N) is 1. The number of methoxy groups -OCH3 is 1. The number of hydrogen-bond donors (Lipinski definition) is 1. The fraction of sp³-hybridized carbons (Fsp3) is 0.385. The standard InChI is InChI=1S/C13H16N2O3S/c1-18-13(17)15-6-4-11(8-15)14-12(16)3-2-10-5-7-19-9-10/h2-3,5,7,9,11H,4,6,8H2,1H3,(H,14,16)/b3-2-/t11-/m0/s1. The first kappa shape index (κ1) is 13.6. The highest BCUT2D eigenvalue weighted by Crippen LogP contribution is 2.11. The maximum absolute atomic E-state index is 11.7. The highest BCUT2D eigenvalue weighted by Gasteiger charge is 2.27. The average molecular weight is 280 g/mol. The molecule has 1 fully saturated rings. The molecule has 0 radical (unpaired) electrons. The summed E-state index contributed by atoms with van der Waals surface area (Å²) in [7, 11) is 1.36. The number of amides is 2. The normalized spacial score (nSPS) is 18.8. The lowest BCUT2D eigenvalue weighted by Crippen LogP contribution is -2.37. The predicted molar refractivity (Wildman–Crippen MR) is 73.9 cm³/mol. The van der Waals surface area contributed by atoms with Gasteiger partial charge in [-0.25, -0.2) is 4.79 Å². The second kappa shape index (κ2) is 6.38. The van der Waals surface area contributed by atoms with Gasteiger partial charge in [-0.2, -0.15) is 11.3 Å². The molecule has 0 saturated carbocycles. The molecule has 0 bridgehead atoms. The summed E-state index contributed by atoms with van der Waals surface area (Å²) in [5.74, 6) is -0.136. The van der Waals surface area contributed by atoms with Gasteiger partial charge in [0, 0.05) is 25.2 Å². The Labute approximate surface area is 115 Å². The van der Waals surface area contributed by atoms with Crippen LogP contribution in [0.5, 0.6) is 0 Å². The molecule has 1 aliphatic heterocycles. The Morgan fingerprint density at radius 2 is 2.42 bits per heavy atom. The zero-order chi connectivity index (χ0) is 13.7. The molecule has 1 atom stereocenters. The van der Waals surface area contributed by atoms with E-state index in [1.54, 1.807) is 22.3 Å². The van der Waals surface area contributed by atoms with Crippen molar-refractivity contribution >= 4 is 29.4 Å². The van der Waals surface area contributed by atoms with Crippen LogP contribution in [-0.2, 0) is 9.53 Å². The molecule has 2 heterocycles. The molecule has 0 unspecified atom stereocenters. The summed E-state index contributed by atoms with van der Waals surface area (Å²) in [6.45, 7) is 1.12. The number of rotatable bonds is 3. The molecule has 0 spiro atoms. The quantitative estimate of drug-likeness (QED) is 0.858. The van der Waals surface area contributed by atoms with Crippen LogP contribution in [0.3, 0.4) is 0 Å². The van der Waals surface area contributed by atoms with Crippen LogP contribution in [0.15, 0.2) is 22.9 Å². The molecular formula is C13H16N2O3S. The predicted octanol–water partition coefficient (Wildman–Crippen LogP) is 1.72. The van der Waals surface area contributed by atoms with Crippen LogP contribution in [0.4, 0.5) is 4.79 Å². The van der Waals surface area contributed by atoms with Crippen molar-refractivity contribution in [1.82, 2.24) is 10.2 Å². The molecule has 0 aromatic carbocycles. The molecule has 1 N–H and O–H groups in total. The lowest BCUT2D eigenvalue weighted by molar-refractivity contribution is -0.117. The van der Waals surface area contributed by atoms with E-state index in [0.29, 0.717) is 13.1 Å². The van der Waals surface area contributed by atoms with Crippen molar-refractivity contribution in [2.24, 2.45) is 0 Å². The van der Waals surface area contributed by atoms with Crippen LogP contribution in [-0.4, -0.2) is 43.1 Å². The summed E-state index contributed by atoms with van der Waals surface area (Å²) >= 11 is 1.59. The topological polar surface area (TPSA) is 58.6 Å². The Morgan fingerprint density at radius 1 is 1.58 bits per heavy atom. The summed E-state index contributed by atoms with van der Waals surface area (Å²) in [6.07, 6.45) is 3.71. The number of carbonyl (C=O) groups excluding carboxylic acids is 2. The molecular weight excluding hydrogens is 264 g/mol. The Hall–Kier alpha value is -1.82. The highest BCUT2D eigenvalue weighted by molar-refractivity contribution is 7.08. The van der Waals surface area contributed by atoms with E-state index in [9.17, 15) is 9.59 Å². The smallest absolute Gasteiger partial charge is 0.409 e. The van der Waals surface area contributed by atoms with Crippen molar-refractivity contribution in [2.45, 2.75) is 12.5 Å². The average Bonchev–Trinajstić information content (AvgIpc) is 3.06. The van der Waals surface area contributed by atoms with Crippen LogP contribution < -0.4 is 5.32 Å². The van der Waals surface area contributed by atoms with Gasteiger partial charge in [-0.15, -0.1) is 0 Å². The van der Waals surface area contributed by atoms with Gasteiger partial charge in [0.25, 0.3) is 0 Å². The summed E-state index contributed by atoms with van der Waals surface area (Å²) < 4.78 is 4.65. The molecule has 1 aliphatic rings. The molecule has 2 rings (SSSR count). The molecule has 1 aromatic heterocycles. The van der Waals surface area contributed by atoms with Crippen LogP contribution in [0, 0.1) is 0 Å². The summed E-state index contributed by atoms with van der Waals surface area (Å²) in [4.78, 5) is 24.6. The third-order valence-electron chi connectivity index (χ3n) is 2.94. The van der Waals surface area contributed by atoms with Gasteiger partial charge in [0.2, 0.25) is 5.91 Å². The zero-order valence-corrected chi connectivity index (χ0v) is 11.5. The van der Waals surface area contributed by atoms with E-state index < -0.39 is 0 Å². The Bertz CT molecular complexity index is 470. The van der Waals surface area contributed by atoms with E-state index >= 15 is 0 Å². The van der Waals surface area contributed by atoms with Gasteiger partial charge < -0.3 is 15.0 Å². The minimum atomic E-state index is -0.342. The molecule has 6 heteroatoms. The third-order valence-corrected chi connectivity index (χ3v) is 3.64. The van der Waals surface area contributed by atoms with E-state index in [0.717, 1.165) is 12.0 Å². The fourth-order valence-corrected chi connectivity index (χ4v) is 2.59. The molecule has 2 amide bonds. The molecule has 1 aromatic rings. The maximum atomic E-state index is 11.7. The first-order chi connectivity index (χ1) is 9.19. The van der Waals surface area contributed by atoms with Crippen LogP contribution in [0.1, 0.15) is 12.0 Å². The number of nitrogens with one attached hydrogen (secondary N) is 1. The van der Waals surface area contributed by atoms with Gasteiger partial charge in [-0.05, 0) is 34.9 Å². The van der Waals surface area contributed by atoms with E-state index in [1.165, 1.54) is 13.2 Å². The van der Waals surface area contributed by atoms with Gasteiger partial charge in [0.1, 0.15) is 0 Å². The van der Waals surface area contributed by atoms with Gasteiger partial charge in [0.15, 0.2) is 0 Å². The SMILES string of the molecule is COC(=O)N1CC[C@H](NC(=O)/C=C\c2ccsc2)C1. The number of carbonyl (C=O) groups is 2. The van der Waals surface area contributed by atoms with E-state index in [4.69, 9.17) is 0 Å². The maximum Gasteiger partial charge on any atom is 0.409 e. The second-order valence-corrected chi connectivity index (χ2v) is 5.08. The van der Waals surface area contributed by atoms with Crippen molar-refractivity contribution in [3.63, 3.8) is 0 Å². The van der Waals surface area contributed by atoms with Crippen molar-refractivity contribution in [3.8, 4) is 0 Å². The van der Waals surface area contributed by atoms with Gasteiger partial charge in [-0.3, -0.25) is 4.79 Å². The second-order valence-electron chi connectivity index (χ2n) is 4.30. The monoisotopic (exact) mass is 280 g/mol.